The van der Waals surface area contributed by atoms with Crippen LogP contribution in [0.2, 0.25) is 0 Å². The Balaban J connectivity index is 2.07. The van der Waals surface area contributed by atoms with Gasteiger partial charge in [0, 0.05) is 14.4 Å². The molecule has 2 atom stereocenters. The molecule has 2 rings (SSSR count). The Kier molecular flexibility index (Phi) is 5.62. The zero-order valence-electron chi connectivity index (χ0n) is 10.5. The van der Waals surface area contributed by atoms with Gasteiger partial charge in [0.2, 0.25) is 0 Å². The molecule has 0 radical (unpaired) electrons. The molecule has 0 saturated heterocycles. The van der Waals surface area contributed by atoms with Gasteiger partial charge < -0.3 is 5.32 Å². The summed E-state index contributed by atoms with van der Waals surface area (Å²) in [5, 5.41) is 3.07. The van der Waals surface area contributed by atoms with E-state index in [4.69, 9.17) is 0 Å². The maximum Gasteiger partial charge on any atom is 0.252 e. The number of hydrogen-bond donors (Lipinski definition) is 1. The van der Waals surface area contributed by atoms with Gasteiger partial charge in [0.15, 0.2) is 0 Å². The lowest BCUT2D eigenvalue weighted by atomic mass is 10.1. The van der Waals surface area contributed by atoms with Gasteiger partial charge in [0.05, 0.1) is 5.56 Å². The van der Waals surface area contributed by atoms with E-state index in [9.17, 15) is 9.18 Å². The third kappa shape index (κ3) is 4.15. The first-order valence-corrected chi connectivity index (χ1v) is 8.47. The molecule has 1 amide bonds. The topological polar surface area (TPSA) is 29.1 Å². The lowest BCUT2D eigenvalue weighted by Gasteiger charge is -2.21. The van der Waals surface area contributed by atoms with Crippen LogP contribution in [0.25, 0.3) is 0 Å². The standard InChI is InChI=1S/C14H16BrFINO/c15-11-4-2-1-3-5-13(11)18-14(19)10-7-6-9(16)8-12(10)17/h6-8,11,13H,1-5H2,(H,18,19). The third-order valence-electron chi connectivity index (χ3n) is 3.42. The number of carbonyl (C=O) groups is 1. The fourth-order valence-electron chi connectivity index (χ4n) is 2.34. The Morgan fingerprint density at radius 3 is 2.79 bits per heavy atom. The molecule has 0 heterocycles. The monoisotopic (exact) mass is 439 g/mol. The molecule has 1 aromatic rings. The van der Waals surface area contributed by atoms with E-state index < -0.39 is 0 Å². The van der Waals surface area contributed by atoms with Gasteiger partial charge in [0.1, 0.15) is 5.82 Å². The van der Waals surface area contributed by atoms with Crippen molar-refractivity contribution in [1.82, 2.24) is 5.32 Å². The quantitative estimate of drug-likeness (QED) is 0.416. The zero-order chi connectivity index (χ0) is 13.8. The van der Waals surface area contributed by atoms with Gasteiger partial charge in [-0.3, -0.25) is 4.79 Å². The lowest BCUT2D eigenvalue weighted by Crippen LogP contribution is -2.40. The van der Waals surface area contributed by atoms with Gasteiger partial charge in [-0.1, -0.05) is 35.2 Å². The summed E-state index contributed by atoms with van der Waals surface area (Å²) in [4.78, 5) is 12.6. The molecule has 0 aromatic heterocycles. The number of halogens is 3. The highest BCUT2D eigenvalue weighted by Crippen LogP contribution is 2.24. The largest absolute Gasteiger partial charge is 0.348 e. The van der Waals surface area contributed by atoms with Gasteiger partial charge in [-0.25, -0.2) is 4.39 Å². The van der Waals surface area contributed by atoms with Crippen LogP contribution in [-0.4, -0.2) is 16.8 Å². The molecule has 0 bridgehead atoms. The first-order valence-electron chi connectivity index (χ1n) is 6.48. The van der Waals surface area contributed by atoms with Crippen molar-refractivity contribution in [3.8, 4) is 0 Å². The molecule has 1 aliphatic carbocycles. The Morgan fingerprint density at radius 1 is 1.32 bits per heavy atom. The Labute approximate surface area is 134 Å². The van der Waals surface area contributed by atoms with E-state index >= 15 is 0 Å². The average molecular weight is 440 g/mol. The van der Waals surface area contributed by atoms with Crippen molar-refractivity contribution < 1.29 is 9.18 Å². The van der Waals surface area contributed by atoms with E-state index in [0.29, 0.717) is 14.0 Å². The van der Waals surface area contributed by atoms with Crippen molar-refractivity contribution in [2.75, 3.05) is 0 Å². The van der Waals surface area contributed by atoms with Crippen molar-refractivity contribution in [3.63, 3.8) is 0 Å². The molecule has 104 valence electrons. The molecule has 1 fully saturated rings. The van der Waals surface area contributed by atoms with Gasteiger partial charge in [-0.05, 0) is 53.6 Å². The number of nitrogens with one attached hydrogen (secondary N) is 1. The van der Waals surface area contributed by atoms with Gasteiger partial charge >= 0.3 is 0 Å². The average Bonchev–Trinajstić information content (AvgIpc) is 2.55. The minimum absolute atomic E-state index is 0.110. The summed E-state index contributed by atoms with van der Waals surface area (Å²) in [5.74, 6) is -0.422. The highest BCUT2D eigenvalue weighted by atomic mass is 127. The van der Waals surface area contributed by atoms with E-state index in [0.717, 1.165) is 19.3 Å². The summed E-state index contributed by atoms with van der Waals surface area (Å²) in [6, 6.07) is 4.42. The molecular formula is C14H16BrFINO. The normalized spacial score (nSPS) is 23.7. The molecule has 1 aromatic carbocycles. The second kappa shape index (κ2) is 7.02. The molecule has 1 aliphatic rings. The fraction of sp³-hybridized carbons (Fsp3) is 0.500. The number of carbonyl (C=O) groups excluding carboxylic acids is 1. The van der Waals surface area contributed by atoms with Crippen LogP contribution in [0.15, 0.2) is 18.2 Å². The number of benzene rings is 1. The highest BCUT2D eigenvalue weighted by molar-refractivity contribution is 14.1. The number of rotatable bonds is 2. The van der Waals surface area contributed by atoms with Crippen LogP contribution in [0.1, 0.15) is 42.5 Å². The highest BCUT2D eigenvalue weighted by Gasteiger charge is 2.24. The molecule has 1 saturated carbocycles. The van der Waals surface area contributed by atoms with Crippen LogP contribution in [-0.2, 0) is 0 Å². The minimum Gasteiger partial charge on any atom is -0.348 e. The zero-order valence-corrected chi connectivity index (χ0v) is 14.2. The van der Waals surface area contributed by atoms with Crippen LogP contribution in [0.5, 0.6) is 0 Å². The molecule has 1 N–H and O–H groups in total. The Bertz CT molecular complexity index is 469. The van der Waals surface area contributed by atoms with Crippen LogP contribution < -0.4 is 5.32 Å². The summed E-state index contributed by atoms with van der Waals surface area (Å²) in [7, 11) is 0. The molecular weight excluding hydrogens is 424 g/mol. The molecule has 2 unspecified atom stereocenters. The molecule has 5 heteroatoms. The second-order valence-electron chi connectivity index (χ2n) is 4.86. The van der Waals surface area contributed by atoms with Gasteiger partial charge in [-0.2, -0.15) is 0 Å². The lowest BCUT2D eigenvalue weighted by molar-refractivity contribution is 0.0934. The van der Waals surface area contributed by atoms with Gasteiger partial charge in [0.25, 0.3) is 5.91 Å². The maximum atomic E-state index is 13.0. The summed E-state index contributed by atoms with van der Waals surface area (Å²) in [5.41, 5.74) is 0.547. The maximum absolute atomic E-state index is 13.0. The second-order valence-corrected chi connectivity index (χ2v) is 7.20. The van der Waals surface area contributed by atoms with Crippen molar-refractivity contribution in [1.29, 1.82) is 0 Å². The van der Waals surface area contributed by atoms with Crippen molar-refractivity contribution >= 4 is 44.4 Å². The predicted molar refractivity (Wildman–Crippen MR) is 86.2 cm³/mol. The van der Waals surface area contributed by atoms with Crippen LogP contribution in [0.4, 0.5) is 4.39 Å². The number of amides is 1. The molecule has 0 spiro atoms. The molecule has 2 nitrogen and oxygen atoms in total. The first-order chi connectivity index (χ1) is 9.08. The van der Waals surface area contributed by atoms with E-state index in [-0.39, 0.29) is 17.8 Å². The van der Waals surface area contributed by atoms with Crippen LogP contribution >= 0.6 is 38.5 Å². The summed E-state index contributed by atoms with van der Waals surface area (Å²) >= 11 is 5.66. The molecule has 0 aliphatic heterocycles. The Morgan fingerprint density at radius 2 is 2.05 bits per heavy atom. The number of hydrogen-bond acceptors (Lipinski definition) is 1. The van der Waals surface area contributed by atoms with Crippen molar-refractivity contribution in [2.24, 2.45) is 0 Å². The predicted octanol–water partition coefficient (Wildman–Crippen LogP) is 4.26. The van der Waals surface area contributed by atoms with Crippen LogP contribution in [0.3, 0.4) is 0 Å². The summed E-state index contributed by atoms with van der Waals surface area (Å²) < 4.78 is 13.7. The van der Waals surface area contributed by atoms with E-state index in [2.05, 4.69) is 21.2 Å². The third-order valence-corrected chi connectivity index (χ3v) is 5.41. The Hall–Kier alpha value is -0.170. The summed E-state index contributed by atoms with van der Waals surface area (Å²) in [6.45, 7) is 0. The SMILES string of the molecule is O=C(NC1CCCCCC1Br)c1ccc(F)cc1I. The molecule has 19 heavy (non-hydrogen) atoms. The smallest absolute Gasteiger partial charge is 0.252 e. The van der Waals surface area contributed by atoms with E-state index in [1.54, 1.807) is 6.07 Å². The van der Waals surface area contributed by atoms with Crippen molar-refractivity contribution in [2.45, 2.75) is 43.0 Å². The first kappa shape index (κ1) is 15.2. The number of alkyl halides is 1. The minimum atomic E-state index is -0.311. The van der Waals surface area contributed by atoms with Crippen molar-refractivity contribution in [3.05, 3.63) is 33.1 Å². The fourth-order valence-corrected chi connectivity index (χ4v) is 3.79. The summed E-state index contributed by atoms with van der Waals surface area (Å²) in [6.07, 6.45) is 5.66. The van der Waals surface area contributed by atoms with Gasteiger partial charge in [-0.15, -0.1) is 0 Å². The van der Waals surface area contributed by atoms with Crippen LogP contribution in [0, 0.1) is 9.39 Å². The van der Waals surface area contributed by atoms with E-state index in [1.807, 2.05) is 22.6 Å². The van der Waals surface area contributed by atoms with E-state index in [1.165, 1.54) is 25.0 Å².